The molecule has 0 spiro atoms. The van der Waals surface area contributed by atoms with Crippen LogP contribution in [-0.4, -0.2) is 53.7 Å². The smallest absolute Gasteiger partial charge is 0.327 e. The largest absolute Gasteiger partial charge is 0.480 e. The van der Waals surface area contributed by atoms with E-state index in [1.165, 1.54) is 6.07 Å². The molecule has 1 aliphatic heterocycles. The van der Waals surface area contributed by atoms with Crippen LogP contribution in [0.3, 0.4) is 0 Å². The molecule has 0 amide bonds. The van der Waals surface area contributed by atoms with Crippen LogP contribution >= 0.6 is 59.6 Å². The molecule has 0 radical (unpaired) electrons. The predicted molar refractivity (Wildman–Crippen MR) is 150 cm³/mol. The quantitative estimate of drug-likeness (QED) is 0.361. The molecule has 1 unspecified atom stereocenters. The molecule has 7 nitrogen and oxygen atoms in total. The lowest BCUT2D eigenvalue weighted by Crippen LogP contribution is -2.55. The number of carbonyl (C=O) groups is 1. The van der Waals surface area contributed by atoms with E-state index in [2.05, 4.69) is 4.98 Å². The highest BCUT2D eigenvalue weighted by atomic mass is 35.5. The second-order valence-electron chi connectivity index (χ2n) is 8.07. The zero-order valence-electron chi connectivity index (χ0n) is 19.2. The molecule has 3 aromatic rings. The molecule has 4 rings (SSSR count). The number of pyridine rings is 1. The van der Waals surface area contributed by atoms with Crippen LogP contribution in [0.25, 0.3) is 11.1 Å². The molecule has 0 saturated carbocycles. The first-order valence-corrected chi connectivity index (χ1v) is 11.7. The Labute approximate surface area is 236 Å². The number of halogens is 5. The fraction of sp³-hybridized carbons (Fsp3) is 0.250. The third-order valence-electron chi connectivity index (χ3n) is 5.60. The number of aliphatic carboxylic acids is 1. The number of rotatable bonds is 6. The molecule has 1 aliphatic rings. The SMILES string of the molecule is CN1CCN(c2nc(Oc3cc(Cl)cc(-c4cccc(CN)c4)c3)c(Cl)cc2Cl)C(C(=O)O)C1.Cl.Cl. The number of nitrogens with zero attached hydrogens (tertiary/aromatic N) is 3. The monoisotopic (exact) mass is 592 g/mol. The number of benzene rings is 2. The van der Waals surface area contributed by atoms with Crippen LogP contribution in [-0.2, 0) is 11.3 Å². The zero-order valence-corrected chi connectivity index (χ0v) is 23.1. The van der Waals surface area contributed by atoms with E-state index in [4.69, 9.17) is 45.3 Å². The maximum Gasteiger partial charge on any atom is 0.327 e. The van der Waals surface area contributed by atoms with Crippen molar-refractivity contribution in [3.05, 3.63) is 69.2 Å². The second kappa shape index (κ2) is 13.0. The molecule has 3 N–H and O–H groups in total. The van der Waals surface area contributed by atoms with Crippen LogP contribution in [0.1, 0.15) is 5.56 Å². The first-order chi connectivity index (χ1) is 16.2. The first-order valence-electron chi connectivity index (χ1n) is 10.6. The van der Waals surface area contributed by atoms with Gasteiger partial charge in [0, 0.05) is 31.2 Å². The van der Waals surface area contributed by atoms with E-state index in [1.54, 1.807) is 11.0 Å². The van der Waals surface area contributed by atoms with Crippen LogP contribution in [0.2, 0.25) is 15.1 Å². The van der Waals surface area contributed by atoms with Gasteiger partial charge in [0.25, 0.3) is 0 Å². The van der Waals surface area contributed by atoms with Crippen molar-refractivity contribution in [3.8, 4) is 22.8 Å². The topological polar surface area (TPSA) is 91.9 Å². The summed E-state index contributed by atoms with van der Waals surface area (Å²) in [6, 6.07) is 13.8. The summed E-state index contributed by atoms with van der Waals surface area (Å²) in [5.74, 6) is -0.120. The first kappa shape index (κ1) is 30.3. The van der Waals surface area contributed by atoms with Crippen LogP contribution in [0.4, 0.5) is 5.82 Å². The van der Waals surface area contributed by atoms with E-state index in [-0.39, 0.29) is 40.7 Å². The molecule has 2 aromatic carbocycles. The average Bonchev–Trinajstić information content (AvgIpc) is 2.80. The summed E-state index contributed by atoms with van der Waals surface area (Å²) in [4.78, 5) is 20.0. The van der Waals surface area contributed by atoms with E-state index in [9.17, 15) is 9.90 Å². The second-order valence-corrected chi connectivity index (χ2v) is 9.32. The number of nitrogens with two attached hydrogens (primary N) is 1. The zero-order chi connectivity index (χ0) is 24.4. The molecule has 1 aromatic heterocycles. The number of piperazine rings is 1. The summed E-state index contributed by atoms with van der Waals surface area (Å²) in [6.07, 6.45) is 0. The van der Waals surface area contributed by atoms with Crippen molar-refractivity contribution in [2.45, 2.75) is 12.6 Å². The highest BCUT2D eigenvalue weighted by molar-refractivity contribution is 6.36. The maximum absolute atomic E-state index is 11.9. The molecule has 1 atom stereocenters. The number of carboxylic acid groups (broad SMARTS) is 1. The number of hydrogen-bond donors (Lipinski definition) is 2. The van der Waals surface area contributed by atoms with E-state index in [1.807, 2.05) is 48.3 Å². The Morgan fingerprint density at radius 2 is 1.83 bits per heavy atom. The summed E-state index contributed by atoms with van der Waals surface area (Å²) in [6.45, 7) is 1.88. The van der Waals surface area contributed by atoms with Gasteiger partial charge >= 0.3 is 5.97 Å². The van der Waals surface area contributed by atoms with Gasteiger partial charge in [0.1, 0.15) is 16.8 Å². The summed E-state index contributed by atoms with van der Waals surface area (Å²) in [5, 5.41) is 10.6. The summed E-state index contributed by atoms with van der Waals surface area (Å²) in [7, 11) is 1.87. The predicted octanol–water partition coefficient (Wildman–Crippen LogP) is 6.01. The Hall–Kier alpha value is -1.97. The number of hydrogen-bond acceptors (Lipinski definition) is 6. The van der Waals surface area contributed by atoms with Crippen molar-refractivity contribution in [2.75, 3.05) is 31.6 Å². The van der Waals surface area contributed by atoms with Crippen molar-refractivity contribution in [2.24, 2.45) is 5.73 Å². The molecule has 1 fully saturated rings. The molecule has 36 heavy (non-hydrogen) atoms. The highest BCUT2D eigenvalue weighted by Gasteiger charge is 2.33. The molecule has 194 valence electrons. The Bertz CT molecular complexity index is 1230. The van der Waals surface area contributed by atoms with Crippen molar-refractivity contribution in [1.82, 2.24) is 9.88 Å². The number of aromatic nitrogens is 1. The van der Waals surface area contributed by atoms with E-state index >= 15 is 0 Å². The third kappa shape index (κ3) is 6.86. The summed E-state index contributed by atoms with van der Waals surface area (Å²) >= 11 is 19.2. The minimum Gasteiger partial charge on any atom is -0.480 e. The van der Waals surface area contributed by atoms with Crippen molar-refractivity contribution < 1.29 is 14.6 Å². The number of anilines is 1. The van der Waals surface area contributed by atoms with E-state index in [0.717, 1.165) is 16.7 Å². The molecule has 0 bridgehead atoms. The normalized spacial score (nSPS) is 15.6. The van der Waals surface area contributed by atoms with Gasteiger partial charge in [-0.2, -0.15) is 4.98 Å². The van der Waals surface area contributed by atoms with Gasteiger partial charge in [0.15, 0.2) is 5.82 Å². The van der Waals surface area contributed by atoms with Crippen molar-refractivity contribution in [3.63, 3.8) is 0 Å². The minimum atomic E-state index is -0.957. The van der Waals surface area contributed by atoms with Crippen LogP contribution < -0.4 is 15.4 Å². The van der Waals surface area contributed by atoms with E-state index in [0.29, 0.717) is 42.8 Å². The Morgan fingerprint density at radius 3 is 2.53 bits per heavy atom. The summed E-state index contributed by atoms with van der Waals surface area (Å²) < 4.78 is 6.02. The van der Waals surface area contributed by atoms with Crippen LogP contribution in [0.15, 0.2) is 48.5 Å². The van der Waals surface area contributed by atoms with Gasteiger partial charge in [-0.3, -0.25) is 0 Å². The fourth-order valence-electron chi connectivity index (χ4n) is 3.88. The number of carboxylic acids is 1. The lowest BCUT2D eigenvalue weighted by molar-refractivity contribution is -0.139. The van der Waals surface area contributed by atoms with Gasteiger partial charge < -0.3 is 25.4 Å². The average molecular weight is 595 g/mol. The maximum atomic E-state index is 11.9. The third-order valence-corrected chi connectivity index (χ3v) is 6.37. The molecule has 2 heterocycles. The number of ether oxygens (including phenoxy) is 1. The van der Waals surface area contributed by atoms with E-state index < -0.39 is 12.0 Å². The summed E-state index contributed by atoms with van der Waals surface area (Å²) in [5.41, 5.74) is 8.54. The van der Waals surface area contributed by atoms with Gasteiger partial charge in [0.2, 0.25) is 5.88 Å². The standard InChI is InChI=1S/C24H23Cl3N4O3.2ClH/c1-30-5-6-31(21(13-30)24(32)33)22-19(26)11-20(27)23(29-22)34-18-9-16(8-17(25)10-18)15-4-2-3-14(7-15)12-28;;/h2-4,7-11,21H,5-6,12-13,28H2,1H3,(H,32,33);2*1H. The Morgan fingerprint density at radius 1 is 1.08 bits per heavy atom. The van der Waals surface area contributed by atoms with Crippen molar-refractivity contribution in [1.29, 1.82) is 0 Å². The molecule has 12 heteroatoms. The fourth-order valence-corrected chi connectivity index (χ4v) is 4.61. The minimum absolute atomic E-state index is 0. The van der Waals surface area contributed by atoms with Gasteiger partial charge in [-0.1, -0.05) is 53.0 Å². The molecular formula is C24H25Cl5N4O3. The van der Waals surface area contributed by atoms with Crippen LogP contribution in [0, 0.1) is 0 Å². The molecule has 0 aliphatic carbocycles. The Kier molecular flexibility index (Phi) is 10.9. The van der Waals surface area contributed by atoms with Gasteiger partial charge in [0.05, 0.1) is 5.02 Å². The van der Waals surface area contributed by atoms with Gasteiger partial charge in [-0.25, -0.2) is 4.79 Å². The lowest BCUT2D eigenvalue weighted by Gasteiger charge is -2.38. The van der Waals surface area contributed by atoms with Crippen LogP contribution in [0.5, 0.6) is 11.6 Å². The highest BCUT2D eigenvalue weighted by Crippen LogP contribution is 2.38. The van der Waals surface area contributed by atoms with Gasteiger partial charge in [-0.05, 0) is 54.1 Å². The molecule has 1 saturated heterocycles. The number of likely N-dealkylation sites (N-methyl/N-ethyl adjacent to an activating group) is 1. The Balaban J connectivity index is 0.00000228. The molecular weight excluding hydrogens is 570 g/mol. The van der Waals surface area contributed by atoms with Gasteiger partial charge in [-0.15, -0.1) is 24.8 Å². The lowest BCUT2D eigenvalue weighted by atomic mass is 10.0. The van der Waals surface area contributed by atoms with Crippen molar-refractivity contribution >= 4 is 71.4 Å².